The number of hydrogen-bond donors (Lipinski definition) is 0. The second-order valence-corrected chi connectivity index (χ2v) is 7.54. The van der Waals surface area contributed by atoms with Crippen LogP contribution in [-0.4, -0.2) is 24.1 Å². The zero-order chi connectivity index (χ0) is 21.8. The topological polar surface area (TPSA) is 57.2 Å². The molecule has 0 amide bonds. The number of ether oxygens (including phenoxy) is 1. The van der Waals surface area contributed by atoms with Crippen LogP contribution >= 0.6 is 11.8 Å². The number of thioether (sulfide) groups is 1. The van der Waals surface area contributed by atoms with Crippen molar-refractivity contribution in [2.45, 2.75) is 30.2 Å². The fourth-order valence-corrected chi connectivity index (χ4v) is 3.80. The van der Waals surface area contributed by atoms with Gasteiger partial charge in [0.15, 0.2) is 11.0 Å². The highest BCUT2D eigenvalue weighted by atomic mass is 32.2. The van der Waals surface area contributed by atoms with Gasteiger partial charge in [-0.2, -0.15) is 13.2 Å². The summed E-state index contributed by atoms with van der Waals surface area (Å²) in [5, 5.41) is 9.01. The molecule has 0 N–H and O–H groups in total. The van der Waals surface area contributed by atoms with Crippen molar-refractivity contribution >= 4 is 17.4 Å². The fourth-order valence-electron chi connectivity index (χ4n) is 2.95. The summed E-state index contributed by atoms with van der Waals surface area (Å²) in [7, 11) is 0. The van der Waals surface area contributed by atoms with E-state index in [-0.39, 0.29) is 12.4 Å². The van der Waals surface area contributed by atoms with Crippen LogP contribution in [0.15, 0.2) is 72.7 Å². The van der Waals surface area contributed by atoms with Crippen LogP contribution in [0.5, 0.6) is 5.75 Å². The van der Waals surface area contributed by atoms with E-state index in [0.29, 0.717) is 23.3 Å². The van der Waals surface area contributed by atoms with Crippen LogP contribution in [0.4, 0.5) is 13.2 Å². The normalized spacial score (nSPS) is 11.7. The molecule has 0 spiro atoms. The monoisotopic (exact) mass is 445 g/mol. The molecule has 4 aromatic rings. The number of benzene rings is 1. The molecule has 31 heavy (non-hydrogen) atoms. The van der Waals surface area contributed by atoms with Crippen molar-refractivity contribution in [1.82, 2.24) is 24.1 Å². The highest BCUT2D eigenvalue weighted by Gasteiger charge is 2.30. The minimum atomic E-state index is -4.43. The number of imidazole rings is 1. The number of halogens is 3. The third kappa shape index (κ3) is 4.91. The van der Waals surface area contributed by atoms with Gasteiger partial charge in [-0.15, -0.1) is 16.8 Å². The van der Waals surface area contributed by atoms with E-state index in [4.69, 9.17) is 4.74 Å². The molecule has 0 saturated heterocycles. The van der Waals surface area contributed by atoms with E-state index in [9.17, 15) is 13.2 Å². The van der Waals surface area contributed by atoms with E-state index in [1.807, 2.05) is 39.6 Å². The second kappa shape index (κ2) is 8.84. The van der Waals surface area contributed by atoms with Crippen molar-refractivity contribution in [3.63, 3.8) is 0 Å². The lowest BCUT2D eigenvalue weighted by Crippen LogP contribution is -2.08. The first-order valence-electron chi connectivity index (χ1n) is 9.32. The number of rotatable bonds is 8. The standard InChI is InChI=1S/C21H18F3N5OS/c1-2-9-29-19(13-30-17-7-5-6-15(11-17)21(22,23)24)26-27-20(29)31-14-16-12-28-10-4-3-8-18(28)25-16/h2-8,10-12H,1,9,13-14H2. The zero-order valence-corrected chi connectivity index (χ0v) is 17.1. The maximum atomic E-state index is 12.9. The average Bonchev–Trinajstić information content (AvgIpc) is 3.34. The quantitative estimate of drug-likeness (QED) is 0.282. The molecule has 0 unspecified atom stereocenters. The van der Waals surface area contributed by atoms with Crippen molar-refractivity contribution in [1.29, 1.82) is 0 Å². The van der Waals surface area contributed by atoms with E-state index in [2.05, 4.69) is 21.8 Å². The van der Waals surface area contributed by atoms with Gasteiger partial charge < -0.3 is 9.14 Å². The molecule has 0 aliphatic rings. The number of aromatic nitrogens is 5. The first-order valence-corrected chi connectivity index (χ1v) is 10.3. The fraction of sp³-hybridized carbons (Fsp3) is 0.190. The molecule has 0 radical (unpaired) electrons. The summed E-state index contributed by atoms with van der Waals surface area (Å²) < 4.78 is 48.0. The van der Waals surface area contributed by atoms with Gasteiger partial charge in [0.1, 0.15) is 18.0 Å². The van der Waals surface area contributed by atoms with E-state index in [1.165, 1.54) is 23.9 Å². The first-order chi connectivity index (χ1) is 14.9. The average molecular weight is 445 g/mol. The van der Waals surface area contributed by atoms with E-state index < -0.39 is 11.7 Å². The van der Waals surface area contributed by atoms with Gasteiger partial charge in [-0.3, -0.25) is 4.57 Å². The van der Waals surface area contributed by atoms with Crippen molar-refractivity contribution in [2.75, 3.05) is 0 Å². The van der Waals surface area contributed by atoms with E-state index >= 15 is 0 Å². The molecule has 6 nitrogen and oxygen atoms in total. The lowest BCUT2D eigenvalue weighted by molar-refractivity contribution is -0.137. The molecule has 0 saturated carbocycles. The molecular weight excluding hydrogens is 427 g/mol. The third-order valence-electron chi connectivity index (χ3n) is 4.40. The molecule has 0 aliphatic heterocycles. The molecule has 0 fully saturated rings. The molecule has 0 bridgehead atoms. The number of hydrogen-bond acceptors (Lipinski definition) is 5. The summed E-state index contributed by atoms with van der Waals surface area (Å²) in [6.45, 7) is 4.18. The van der Waals surface area contributed by atoms with Gasteiger partial charge in [-0.1, -0.05) is 30.0 Å². The van der Waals surface area contributed by atoms with Gasteiger partial charge in [-0.25, -0.2) is 4.98 Å². The Balaban J connectivity index is 1.46. The number of fused-ring (bicyclic) bond motifs is 1. The molecule has 3 aromatic heterocycles. The molecule has 160 valence electrons. The van der Waals surface area contributed by atoms with Gasteiger partial charge in [-0.05, 0) is 30.3 Å². The van der Waals surface area contributed by atoms with Crippen molar-refractivity contribution in [3.8, 4) is 5.75 Å². The SMILES string of the molecule is C=CCn1c(COc2cccc(C(F)(F)F)c2)nnc1SCc1cn2ccccc2n1. The summed E-state index contributed by atoms with van der Waals surface area (Å²) >= 11 is 1.47. The van der Waals surface area contributed by atoms with E-state index in [1.54, 1.807) is 6.08 Å². The van der Waals surface area contributed by atoms with Gasteiger partial charge in [0.05, 0.1) is 11.3 Å². The molecule has 3 heterocycles. The summed E-state index contributed by atoms with van der Waals surface area (Å²) in [6.07, 6.45) is 1.16. The highest BCUT2D eigenvalue weighted by molar-refractivity contribution is 7.98. The predicted molar refractivity (Wildman–Crippen MR) is 111 cm³/mol. The third-order valence-corrected chi connectivity index (χ3v) is 5.40. The van der Waals surface area contributed by atoms with Crippen LogP contribution in [0.25, 0.3) is 5.65 Å². The molecule has 10 heteroatoms. The Bertz CT molecular complexity index is 1170. The number of pyridine rings is 1. The van der Waals surface area contributed by atoms with Crippen LogP contribution < -0.4 is 4.74 Å². The lowest BCUT2D eigenvalue weighted by Gasteiger charge is -2.11. The highest BCUT2D eigenvalue weighted by Crippen LogP contribution is 2.31. The summed E-state index contributed by atoms with van der Waals surface area (Å²) in [6, 6.07) is 10.5. The van der Waals surface area contributed by atoms with Gasteiger partial charge >= 0.3 is 6.18 Å². The van der Waals surface area contributed by atoms with Crippen LogP contribution in [0.1, 0.15) is 17.1 Å². The molecular formula is C21H18F3N5OS. The molecule has 0 atom stereocenters. The maximum absolute atomic E-state index is 12.9. The van der Waals surface area contributed by atoms with Gasteiger partial charge in [0.2, 0.25) is 0 Å². The van der Waals surface area contributed by atoms with Crippen LogP contribution in [-0.2, 0) is 25.1 Å². The Labute approximate surface area is 180 Å². The predicted octanol–water partition coefficient (Wildman–Crippen LogP) is 5.00. The Morgan fingerprint density at radius 3 is 2.77 bits per heavy atom. The van der Waals surface area contributed by atoms with E-state index in [0.717, 1.165) is 23.5 Å². The Morgan fingerprint density at radius 1 is 1.13 bits per heavy atom. The van der Waals surface area contributed by atoms with Gasteiger partial charge in [0.25, 0.3) is 0 Å². The lowest BCUT2D eigenvalue weighted by atomic mass is 10.2. The number of nitrogens with zero attached hydrogens (tertiary/aromatic N) is 5. The Hall–Kier alpha value is -3.27. The number of allylic oxidation sites excluding steroid dienone is 1. The van der Waals surface area contributed by atoms with Crippen LogP contribution in [0.3, 0.4) is 0 Å². The Kier molecular flexibility index (Phi) is 5.99. The van der Waals surface area contributed by atoms with Crippen molar-refractivity contribution in [3.05, 3.63) is 84.6 Å². The minimum Gasteiger partial charge on any atom is -0.486 e. The largest absolute Gasteiger partial charge is 0.486 e. The van der Waals surface area contributed by atoms with Crippen LogP contribution in [0.2, 0.25) is 0 Å². The second-order valence-electron chi connectivity index (χ2n) is 6.60. The Morgan fingerprint density at radius 2 is 2.00 bits per heavy atom. The number of alkyl halides is 3. The minimum absolute atomic E-state index is 0.0168. The molecule has 0 aliphatic carbocycles. The molecule has 1 aromatic carbocycles. The van der Waals surface area contributed by atoms with Gasteiger partial charge in [0, 0.05) is 24.7 Å². The summed E-state index contributed by atoms with van der Waals surface area (Å²) in [5.41, 5.74) is 0.994. The smallest absolute Gasteiger partial charge is 0.416 e. The maximum Gasteiger partial charge on any atom is 0.416 e. The van der Waals surface area contributed by atoms with Crippen LogP contribution in [0, 0.1) is 0 Å². The first kappa shape index (κ1) is 21.0. The summed E-state index contributed by atoms with van der Waals surface area (Å²) in [5.74, 6) is 1.20. The molecule has 4 rings (SSSR count). The summed E-state index contributed by atoms with van der Waals surface area (Å²) in [4.78, 5) is 4.56. The van der Waals surface area contributed by atoms with Crippen molar-refractivity contribution < 1.29 is 17.9 Å². The van der Waals surface area contributed by atoms with Crippen molar-refractivity contribution in [2.24, 2.45) is 0 Å². The zero-order valence-electron chi connectivity index (χ0n) is 16.3.